The van der Waals surface area contributed by atoms with Crippen molar-refractivity contribution < 1.29 is 23.9 Å². The van der Waals surface area contributed by atoms with Crippen LogP contribution in [-0.2, 0) is 14.3 Å². The van der Waals surface area contributed by atoms with Crippen molar-refractivity contribution in [1.29, 1.82) is 0 Å². The lowest BCUT2D eigenvalue weighted by Gasteiger charge is -2.18. The molecule has 3 N–H and O–H groups in total. The number of carbonyl (C=O) groups is 4. The molecule has 6 aromatic rings. The Morgan fingerprint density at radius 3 is 2.19 bits per heavy atom. The van der Waals surface area contributed by atoms with Crippen LogP contribution in [0, 0.1) is 0 Å². The molecule has 52 heavy (non-hydrogen) atoms. The quantitative estimate of drug-likeness (QED) is 0.0617. The van der Waals surface area contributed by atoms with Gasteiger partial charge in [-0.3, -0.25) is 14.4 Å². The third kappa shape index (κ3) is 9.12. The van der Waals surface area contributed by atoms with Crippen LogP contribution in [0.5, 0.6) is 0 Å². The first-order valence-corrected chi connectivity index (χ1v) is 18.9. The van der Waals surface area contributed by atoms with Crippen molar-refractivity contribution in [3.8, 4) is 11.1 Å². The molecule has 1 atom stereocenters. The fourth-order valence-corrected chi connectivity index (χ4v) is 7.91. The predicted octanol–water partition coefficient (Wildman–Crippen LogP) is 9.53. The first kappa shape index (κ1) is 36.1. The average Bonchev–Trinajstić information content (AvgIpc) is 3.85. The summed E-state index contributed by atoms with van der Waals surface area (Å²) < 4.78 is 5.40. The van der Waals surface area contributed by atoms with E-state index in [1.54, 1.807) is 55.5 Å². The zero-order chi connectivity index (χ0) is 36.3. The molecule has 0 aliphatic rings. The molecule has 3 amide bonds. The molecule has 2 aromatic heterocycles. The van der Waals surface area contributed by atoms with Gasteiger partial charge in [-0.1, -0.05) is 91.0 Å². The van der Waals surface area contributed by atoms with Crippen molar-refractivity contribution in [3.05, 3.63) is 165 Å². The van der Waals surface area contributed by atoms with Crippen LogP contribution in [-0.4, -0.2) is 30.3 Å². The van der Waals surface area contributed by atoms with Gasteiger partial charge in [0, 0.05) is 32.0 Å². The molecule has 0 fully saturated rings. The Bertz CT molecular complexity index is 2190. The number of rotatable bonds is 13. The van der Waals surface area contributed by atoms with Gasteiger partial charge in [0.15, 0.2) is 0 Å². The number of carbonyl (C=O) groups excluding carboxylic acids is 4. The third-order valence-corrected chi connectivity index (χ3v) is 10.6. The summed E-state index contributed by atoms with van der Waals surface area (Å²) in [6, 6.07) is 38.4. The maximum absolute atomic E-state index is 14.1. The second-order valence-corrected chi connectivity index (χ2v) is 14.3. The highest BCUT2D eigenvalue weighted by molar-refractivity contribution is 8.00. The molecule has 0 radical (unpaired) electrons. The minimum absolute atomic E-state index is 0.0825. The lowest BCUT2D eigenvalue weighted by molar-refractivity contribution is -0.116. The summed E-state index contributed by atoms with van der Waals surface area (Å²) in [5, 5.41) is 12.1. The number of ether oxygens (including phenoxy) is 1. The summed E-state index contributed by atoms with van der Waals surface area (Å²) in [5.41, 5.74) is 3.55. The number of thioether (sulfide) groups is 1. The second kappa shape index (κ2) is 17.5. The fraction of sp³-hybridized carbons (Fsp3) is 0.0732. The number of amides is 3. The normalized spacial score (nSPS) is 11.7. The molecule has 0 bridgehead atoms. The summed E-state index contributed by atoms with van der Waals surface area (Å²) in [5.74, 6) is -1.76. The first-order valence-electron chi connectivity index (χ1n) is 16.3. The molecule has 2 heterocycles. The molecule has 260 valence electrons. The van der Waals surface area contributed by atoms with E-state index in [0.29, 0.717) is 32.3 Å². The van der Waals surface area contributed by atoms with Gasteiger partial charge < -0.3 is 20.7 Å². The van der Waals surface area contributed by atoms with Crippen LogP contribution < -0.4 is 16.0 Å². The molecule has 4 aromatic carbocycles. The van der Waals surface area contributed by atoms with E-state index in [4.69, 9.17) is 4.74 Å². The van der Waals surface area contributed by atoms with Gasteiger partial charge in [-0.2, -0.15) is 0 Å². The van der Waals surface area contributed by atoms with E-state index >= 15 is 0 Å². The van der Waals surface area contributed by atoms with Gasteiger partial charge in [0.25, 0.3) is 11.8 Å². The van der Waals surface area contributed by atoms with E-state index in [1.807, 2.05) is 95.7 Å². The molecular weight excluding hydrogens is 711 g/mol. The second-order valence-electron chi connectivity index (χ2n) is 11.2. The van der Waals surface area contributed by atoms with Crippen molar-refractivity contribution in [3.63, 3.8) is 0 Å². The maximum Gasteiger partial charge on any atom is 0.341 e. The monoisotopic (exact) mass is 743 g/mol. The highest BCUT2D eigenvalue weighted by atomic mass is 32.2. The molecule has 0 aliphatic heterocycles. The summed E-state index contributed by atoms with van der Waals surface area (Å²) in [4.78, 5) is 55.5. The van der Waals surface area contributed by atoms with E-state index in [9.17, 15) is 19.2 Å². The molecule has 1 unspecified atom stereocenters. The number of esters is 1. The molecule has 0 spiro atoms. The molecule has 8 nitrogen and oxygen atoms in total. The Labute approximate surface area is 313 Å². The molecule has 6 rings (SSSR count). The maximum atomic E-state index is 14.1. The van der Waals surface area contributed by atoms with E-state index < -0.39 is 23.0 Å². The van der Waals surface area contributed by atoms with E-state index in [1.165, 1.54) is 34.4 Å². The van der Waals surface area contributed by atoms with Gasteiger partial charge in [-0.25, -0.2) is 4.79 Å². The zero-order valence-corrected chi connectivity index (χ0v) is 30.4. The number of hydrogen-bond donors (Lipinski definition) is 3. The van der Waals surface area contributed by atoms with Crippen molar-refractivity contribution in [2.75, 3.05) is 17.2 Å². The van der Waals surface area contributed by atoms with Crippen molar-refractivity contribution in [1.82, 2.24) is 5.32 Å². The van der Waals surface area contributed by atoms with Crippen LogP contribution in [0.4, 0.5) is 10.7 Å². The first-order chi connectivity index (χ1) is 25.4. The molecule has 0 saturated heterocycles. The Hall–Kier alpha value is -5.75. The summed E-state index contributed by atoms with van der Waals surface area (Å²) in [6.07, 6.45) is 1.63. The van der Waals surface area contributed by atoms with Crippen LogP contribution in [0.2, 0.25) is 0 Å². The molecule has 0 aliphatic carbocycles. The zero-order valence-electron chi connectivity index (χ0n) is 27.9. The van der Waals surface area contributed by atoms with E-state index in [0.717, 1.165) is 16.0 Å². The highest BCUT2D eigenvalue weighted by Gasteiger charge is 2.27. The SMILES string of the molecule is CCOC(=O)c1c(-c2ccccc2)csc1NC(=O)C(Sc1cccc(NC(=O)/C(=C/c2cccs2)NC(=O)c2ccccc2)c1)c1ccccc1. The lowest BCUT2D eigenvalue weighted by Crippen LogP contribution is -2.30. The van der Waals surface area contributed by atoms with E-state index in [2.05, 4.69) is 16.0 Å². The third-order valence-electron chi connectivity index (χ3n) is 7.64. The van der Waals surface area contributed by atoms with Gasteiger partial charge in [0.1, 0.15) is 21.5 Å². The summed E-state index contributed by atoms with van der Waals surface area (Å²) in [6.45, 7) is 1.93. The van der Waals surface area contributed by atoms with Crippen LogP contribution in [0.3, 0.4) is 0 Å². The minimum Gasteiger partial charge on any atom is -0.462 e. The largest absolute Gasteiger partial charge is 0.462 e. The van der Waals surface area contributed by atoms with E-state index in [-0.39, 0.29) is 18.2 Å². The molecule has 11 heteroatoms. The van der Waals surface area contributed by atoms with Gasteiger partial charge in [-0.15, -0.1) is 34.4 Å². The Balaban J connectivity index is 1.24. The molecular formula is C41H33N3O5S3. The van der Waals surface area contributed by atoms with Crippen molar-refractivity contribution in [2.24, 2.45) is 0 Å². The van der Waals surface area contributed by atoms with Crippen LogP contribution in [0.15, 0.2) is 149 Å². The van der Waals surface area contributed by atoms with Crippen LogP contribution in [0.1, 0.15) is 43.3 Å². The summed E-state index contributed by atoms with van der Waals surface area (Å²) in [7, 11) is 0. The number of anilines is 2. The Kier molecular flexibility index (Phi) is 12.1. The number of hydrogen-bond acceptors (Lipinski definition) is 8. The Morgan fingerprint density at radius 1 is 0.788 bits per heavy atom. The number of nitrogens with one attached hydrogen (secondary N) is 3. The van der Waals surface area contributed by atoms with Gasteiger partial charge in [0.05, 0.1) is 6.61 Å². The van der Waals surface area contributed by atoms with Crippen molar-refractivity contribution in [2.45, 2.75) is 17.1 Å². The van der Waals surface area contributed by atoms with Gasteiger partial charge >= 0.3 is 5.97 Å². The van der Waals surface area contributed by atoms with Crippen LogP contribution >= 0.6 is 34.4 Å². The summed E-state index contributed by atoms with van der Waals surface area (Å²) >= 11 is 4.00. The molecule has 0 saturated carbocycles. The smallest absolute Gasteiger partial charge is 0.341 e. The number of thiophene rings is 2. The van der Waals surface area contributed by atoms with Gasteiger partial charge in [-0.05, 0) is 65.9 Å². The lowest BCUT2D eigenvalue weighted by atomic mass is 10.0. The van der Waals surface area contributed by atoms with Crippen LogP contribution in [0.25, 0.3) is 17.2 Å². The minimum atomic E-state index is -0.719. The standard InChI is InChI=1S/C41H33N3O5S3/c1-2-49-41(48)35-33(27-14-6-3-7-15-27)26-51-40(35)44-39(47)36(28-16-8-4-9-17-28)52-32-21-12-20-30(24-32)42-38(46)34(25-31-22-13-23-50-31)43-37(45)29-18-10-5-11-19-29/h3-26,36H,2H2,1H3,(H,42,46)(H,43,45)(H,44,47)/b34-25-. The van der Waals surface area contributed by atoms with Gasteiger partial charge in [0.2, 0.25) is 5.91 Å². The predicted molar refractivity (Wildman–Crippen MR) is 211 cm³/mol. The fourth-order valence-electron chi connectivity index (χ4n) is 5.20. The highest BCUT2D eigenvalue weighted by Crippen LogP contribution is 2.40. The number of benzene rings is 4. The van der Waals surface area contributed by atoms with Crippen molar-refractivity contribution >= 4 is 74.9 Å². The topological polar surface area (TPSA) is 114 Å². The Morgan fingerprint density at radius 2 is 1.50 bits per heavy atom. The average molecular weight is 744 g/mol.